The van der Waals surface area contributed by atoms with Crippen molar-refractivity contribution in [1.82, 2.24) is 19.8 Å². The molecular formula is C35H45N5O5S. The number of nitrogens with one attached hydrogen (secondary N) is 1. The van der Waals surface area contributed by atoms with Crippen LogP contribution in [0.25, 0.3) is 11.3 Å². The maximum atomic E-state index is 14.3. The van der Waals surface area contributed by atoms with E-state index in [2.05, 4.69) is 49.3 Å². The van der Waals surface area contributed by atoms with E-state index in [9.17, 15) is 18.0 Å². The summed E-state index contributed by atoms with van der Waals surface area (Å²) < 4.78 is 36.1. The van der Waals surface area contributed by atoms with Gasteiger partial charge in [-0.3, -0.25) is 9.59 Å². The number of aromatic nitrogens is 2. The summed E-state index contributed by atoms with van der Waals surface area (Å²) in [5.74, 6) is 0.169. The summed E-state index contributed by atoms with van der Waals surface area (Å²) in [7, 11) is -4.19. The minimum Gasteiger partial charge on any atom is -0.475 e. The number of sulfonamides is 1. The summed E-state index contributed by atoms with van der Waals surface area (Å²) in [5.41, 5.74) is 3.21. The van der Waals surface area contributed by atoms with Crippen molar-refractivity contribution in [2.24, 2.45) is 17.3 Å². The van der Waals surface area contributed by atoms with Gasteiger partial charge in [0.1, 0.15) is 13.2 Å². The molecule has 0 saturated carbocycles. The largest absolute Gasteiger partial charge is 0.475 e. The number of anilines is 1. The van der Waals surface area contributed by atoms with E-state index in [0.29, 0.717) is 37.0 Å². The molecule has 2 aromatic carbocycles. The van der Waals surface area contributed by atoms with Crippen LogP contribution in [0.5, 0.6) is 5.88 Å². The first kappa shape index (κ1) is 33.4. The molecule has 0 aliphatic carbocycles. The summed E-state index contributed by atoms with van der Waals surface area (Å²) in [6.07, 6.45) is 1.57. The number of rotatable bonds is 4. The summed E-state index contributed by atoms with van der Waals surface area (Å²) in [5, 5.41) is 0. The standard InChI is InChI=1S/C35H45N5O5S/c1-22-14-23(2)19-39(18-22)31(41)20-40-27(17-35(5,6)7)21-45-30-16-29(32-24(3)10-8-11-25(32)4)36-34(37-30)38-46(43,44)28-13-9-12-26(15-28)33(40)42/h8-13,15-16,22-23,27H,14,17-21H2,1-7H3,(H,36,37,38)/t22-,23+,27-/m1/s1. The van der Waals surface area contributed by atoms with Gasteiger partial charge in [-0.2, -0.15) is 4.98 Å². The number of benzene rings is 2. The highest BCUT2D eigenvalue weighted by Crippen LogP contribution is 2.31. The number of aryl methyl sites for hydroxylation is 2. The number of carbonyl (C=O) groups is 2. The second kappa shape index (κ2) is 13.0. The minimum atomic E-state index is -4.19. The molecule has 246 valence electrons. The number of piperidine rings is 1. The Bertz CT molecular complexity index is 1710. The van der Waals surface area contributed by atoms with Crippen LogP contribution in [0.4, 0.5) is 5.95 Å². The molecule has 1 aromatic heterocycles. The van der Waals surface area contributed by atoms with Crippen molar-refractivity contribution in [2.75, 3.05) is 31.0 Å². The smallest absolute Gasteiger partial charge is 0.264 e. The van der Waals surface area contributed by atoms with Gasteiger partial charge in [-0.25, -0.2) is 18.1 Å². The Labute approximate surface area is 272 Å². The van der Waals surface area contributed by atoms with Crippen LogP contribution in [-0.4, -0.2) is 72.3 Å². The van der Waals surface area contributed by atoms with E-state index in [0.717, 1.165) is 23.1 Å². The Hall–Kier alpha value is -3.99. The zero-order valence-electron chi connectivity index (χ0n) is 27.8. The van der Waals surface area contributed by atoms with E-state index in [1.807, 2.05) is 36.9 Å². The van der Waals surface area contributed by atoms with Crippen molar-refractivity contribution >= 4 is 27.8 Å². The first-order chi connectivity index (χ1) is 21.6. The van der Waals surface area contributed by atoms with Crippen molar-refractivity contribution in [3.63, 3.8) is 0 Å². The molecule has 5 rings (SSSR count). The third-order valence-corrected chi connectivity index (χ3v) is 9.88. The molecule has 2 aliphatic heterocycles. The third kappa shape index (κ3) is 7.68. The van der Waals surface area contributed by atoms with Crippen LogP contribution in [0, 0.1) is 31.1 Å². The lowest BCUT2D eigenvalue weighted by Crippen LogP contribution is -2.52. The lowest BCUT2D eigenvalue weighted by molar-refractivity contribution is -0.135. The van der Waals surface area contributed by atoms with Crippen LogP contribution < -0.4 is 9.46 Å². The summed E-state index contributed by atoms with van der Waals surface area (Å²) in [4.78, 5) is 40.5. The maximum absolute atomic E-state index is 14.3. The lowest BCUT2D eigenvalue weighted by atomic mass is 9.87. The Morgan fingerprint density at radius 3 is 2.30 bits per heavy atom. The monoisotopic (exact) mass is 647 g/mol. The number of likely N-dealkylation sites (tertiary alicyclic amines) is 1. The highest BCUT2D eigenvalue weighted by molar-refractivity contribution is 7.92. The summed E-state index contributed by atoms with van der Waals surface area (Å²) >= 11 is 0. The first-order valence-electron chi connectivity index (χ1n) is 15.9. The molecule has 0 spiro atoms. The molecule has 3 heterocycles. The van der Waals surface area contributed by atoms with Crippen molar-refractivity contribution in [2.45, 2.75) is 72.2 Å². The van der Waals surface area contributed by atoms with Crippen LogP contribution in [0.15, 0.2) is 53.4 Å². The second-order valence-corrected chi connectivity index (χ2v) is 15.9. The molecule has 2 amide bonds. The van der Waals surface area contributed by atoms with Crippen LogP contribution in [0.1, 0.15) is 68.9 Å². The number of fused-ring (bicyclic) bond motifs is 4. The first-order valence-corrected chi connectivity index (χ1v) is 17.4. The fourth-order valence-electron chi connectivity index (χ4n) is 6.66. The van der Waals surface area contributed by atoms with Gasteiger partial charge in [-0.1, -0.05) is 58.9 Å². The van der Waals surface area contributed by atoms with Crippen LogP contribution >= 0.6 is 0 Å². The van der Waals surface area contributed by atoms with E-state index in [4.69, 9.17) is 4.74 Å². The Kier molecular flexibility index (Phi) is 9.45. The number of hydrogen-bond donors (Lipinski definition) is 1. The van der Waals surface area contributed by atoms with Crippen LogP contribution in [0.3, 0.4) is 0 Å². The molecule has 2 aliphatic rings. The Balaban J connectivity index is 1.63. The molecule has 4 bridgehead atoms. The van der Waals surface area contributed by atoms with Gasteiger partial charge in [-0.05, 0) is 73.3 Å². The van der Waals surface area contributed by atoms with E-state index in [-0.39, 0.29) is 46.8 Å². The van der Waals surface area contributed by atoms with E-state index in [1.54, 1.807) is 17.0 Å². The van der Waals surface area contributed by atoms with Crippen LogP contribution in [0.2, 0.25) is 0 Å². The number of amides is 2. The molecule has 11 heteroatoms. The molecule has 0 radical (unpaired) electrons. The van der Waals surface area contributed by atoms with Crippen molar-refractivity contribution in [3.8, 4) is 17.1 Å². The SMILES string of the molecule is Cc1cccc(C)c1-c1cc2nc(n1)NS(=O)(=O)c1cccc(c1)C(=O)N(CC(=O)N1C[C@H](C)C[C@H](C)C1)[C@H](CC(C)(C)C)CO2. The predicted octanol–water partition coefficient (Wildman–Crippen LogP) is 5.71. The molecule has 3 aromatic rings. The van der Waals surface area contributed by atoms with Gasteiger partial charge < -0.3 is 14.5 Å². The molecule has 3 atom stereocenters. The molecule has 1 N–H and O–H groups in total. The molecule has 0 unspecified atom stereocenters. The Morgan fingerprint density at radius 1 is 1.00 bits per heavy atom. The lowest BCUT2D eigenvalue weighted by Gasteiger charge is -2.39. The van der Waals surface area contributed by atoms with E-state index in [1.165, 1.54) is 18.2 Å². The highest BCUT2D eigenvalue weighted by atomic mass is 32.2. The van der Waals surface area contributed by atoms with Crippen LogP contribution in [-0.2, 0) is 14.8 Å². The average Bonchev–Trinajstić information content (AvgIpc) is 2.96. The normalized spacial score (nSPS) is 21.7. The number of carbonyl (C=O) groups excluding carboxylic acids is 2. The zero-order chi connectivity index (χ0) is 33.4. The highest BCUT2D eigenvalue weighted by Gasteiger charge is 2.35. The quantitative estimate of drug-likeness (QED) is 0.385. The average molecular weight is 648 g/mol. The van der Waals surface area contributed by atoms with Crippen molar-refractivity contribution in [1.29, 1.82) is 0 Å². The fourth-order valence-corrected chi connectivity index (χ4v) is 7.65. The van der Waals surface area contributed by atoms with Gasteiger partial charge in [0.2, 0.25) is 17.7 Å². The van der Waals surface area contributed by atoms with Gasteiger partial charge in [0.25, 0.3) is 15.9 Å². The van der Waals surface area contributed by atoms with E-state index < -0.39 is 22.0 Å². The molecule has 1 fully saturated rings. The summed E-state index contributed by atoms with van der Waals surface area (Å²) in [6, 6.07) is 12.9. The minimum absolute atomic E-state index is 0.0399. The topological polar surface area (TPSA) is 122 Å². The molecule has 1 saturated heterocycles. The van der Waals surface area contributed by atoms with Gasteiger partial charge >= 0.3 is 0 Å². The number of ether oxygens (including phenoxy) is 1. The summed E-state index contributed by atoms with van der Waals surface area (Å²) in [6.45, 7) is 15.6. The Morgan fingerprint density at radius 2 is 1.65 bits per heavy atom. The predicted molar refractivity (Wildman–Crippen MR) is 178 cm³/mol. The van der Waals surface area contributed by atoms with Crippen molar-refractivity contribution < 1.29 is 22.7 Å². The van der Waals surface area contributed by atoms with E-state index >= 15 is 0 Å². The fraction of sp³-hybridized carbons (Fsp3) is 0.486. The van der Waals surface area contributed by atoms with Gasteiger partial charge in [0.15, 0.2) is 0 Å². The zero-order valence-corrected chi connectivity index (χ0v) is 28.6. The van der Waals surface area contributed by atoms with Gasteiger partial charge in [0.05, 0.1) is 16.6 Å². The molecule has 46 heavy (non-hydrogen) atoms. The number of nitrogens with zero attached hydrogens (tertiary/aromatic N) is 4. The van der Waals surface area contributed by atoms with Gasteiger partial charge in [-0.15, -0.1) is 0 Å². The van der Waals surface area contributed by atoms with Crippen molar-refractivity contribution in [3.05, 3.63) is 65.2 Å². The van der Waals surface area contributed by atoms with Gasteiger partial charge in [0, 0.05) is 30.3 Å². The molecule has 10 nitrogen and oxygen atoms in total. The maximum Gasteiger partial charge on any atom is 0.264 e. The third-order valence-electron chi connectivity index (χ3n) is 8.56. The second-order valence-electron chi connectivity index (χ2n) is 14.2. The molecular weight excluding hydrogens is 602 g/mol. The number of hydrogen-bond acceptors (Lipinski definition) is 7.